The van der Waals surface area contributed by atoms with Crippen LogP contribution in [0.1, 0.15) is 19.7 Å². The number of carbonyl (C=O) groups is 1. The summed E-state index contributed by atoms with van der Waals surface area (Å²) in [5.74, 6) is 0.786. The van der Waals surface area contributed by atoms with E-state index in [2.05, 4.69) is 20.4 Å². The summed E-state index contributed by atoms with van der Waals surface area (Å²) in [4.78, 5) is 17.0. The Morgan fingerprint density at radius 3 is 2.53 bits per heavy atom. The van der Waals surface area contributed by atoms with E-state index in [0.29, 0.717) is 55.0 Å². The van der Waals surface area contributed by atoms with Crippen molar-refractivity contribution >= 4 is 17.5 Å². The minimum Gasteiger partial charge on any atom is -0.478 e. The molecule has 1 aliphatic rings. The van der Waals surface area contributed by atoms with Gasteiger partial charge in [0.25, 0.3) is 5.91 Å². The molecule has 32 heavy (non-hydrogen) atoms. The molecule has 0 radical (unpaired) electrons. The van der Waals surface area contributed by atoms with Gasteiger partial charge in [0.05, 0.1) is 12.2 Å². The average Bonchev–Trinajstić information content (AvgIpc) is 3.23. The topological polar surface area (TPSA) is 76.4 Å². The molecule has 4 rings (SSSR count). The van der Waals surface area contributed by atoms with Crippen molar-refractivity contribution in [3.05, 3.63) is 65.2 Å². The maximum atomic E-state index is 13.6. The van der Waals surface area contributed by atoms with Crippen LogP contribution in [0.3, 0.4) is 0 Å². The Balaban J connectivity index is 1.35. The molecule has 0 aliphatic carbocycles. The lowest BCUT2D eigenvalue weighted by molar-refractivity contribution is -0.147. The third-order valence-corrected chi connectivity index (χ3v) is 5.57. The molecule has 0 unspecified atom stereocenters. The molecule has 0 bridgehead atoms. The van der Waals surface area contributed by atoms with Crippen LogP contribution in [-0.4, -0.2) is 67.7 Å². The SMILES string of the molecule is CC(C)(Oc1ccc(Cl)cc1)C(=O)N1CCN(Cc2nnnn2-c2cccc(F)c2)CC1. The third kappa shape index (κ3) is 5.05. The van der Waals surface area contributed by atoms with Gasteiger partial charge >= 0.3 is 0 Å². The van der Waals surface area contributed by atoms with E-state index in [4.69, 9.17) is 16.3 Å². The first-order chi connectivity index (χ1) is 15.3. The van der Waals surface area contributed by atoms with Crippen molar-refractivity contribution in [1.82, 2.24) is 30.0 Å². The first-order valence-corrected chi connectivity index (χ1v) is 10.7. The lowest BCUT2D eigenvalue weighted by atomic mass is 10.1. The highest BCUT2D eigenvalue weighted by Crippen LogP contribution is 2.23. The number of tetrazole rings is 1. The van der Waals surface area contributed by atoms with Crippen molar-refractivity contribution in [2.75, 3.05) is 26.2 Å². The highest BCUT2D eigenvalue weighted by atomic mass is 35.5. The molecule has 0 spiro atoms. The van der Waals surface area contributed by atoms with Gasteiger partial charge in [-0.05, 0) is 66.7 Å². The number of ether oxygens (including phenoxy) is 1. The quantitative estimate of drug-likeness (QED) is 0.565. The van der Waals surface area contributed by atoms with Crippen molar-refractivity contribution in [2.24, 2.45) is 0 Å². The predicted molar refractivity (Wildman–Crippen MR) is 117 cm³/mol. The molecule has 0 saturated carbocycles. The second kappa shape index (κ2) is 9.22. The van der Waals surface area contributed by atoms with Crippen molar-refractivity contribution in [1.29, 1.82) is 0 Å². The Bertz CT molecular complexity index is 1080. The maximum Gasteiger partial charge on any atom is 0.266 e. The standard InChI is InChI=1S/C22H24ClFN6O2/c1-22(2,32-19-8-6-16(23)7-9-19)21(31)29-12-10-28(11-13-29)15-20-25-26-27-30(20)18-5-3-4-17(24)14-18/h3-9,14H,10-13,15H2,1-2H3. The average molecular weight is 459 g/mol. The van der Waals surface area contributed by atoms with Crippen LogP contribution in [0.5, 0.6) is 5.75 Å². The van der Waals surface area contributed by atoms with Crippen LogP contribution in [0, 0.1) is 5.82 Å². The third-order valence-electron chi connectivity index (χ3n) is 5.31. The molecule has 1 aliphatic heterocycles. The van der Waals surface area contributed by atoms with Crippen molar-refractivity contribution in [3.63, 3.8) is 0 Å². The number of hydrogen-bond donors (Lipinski definition) is 0. The molecule has 2 aromatic carbocycles. The van der Waals surface area contributed by atoms with Gasteiger partial charge in [-0.2, -0.15) is 4.68 Å². The summed E-state index contributed by atoms with van der Waals surface area (Å²) < 4.78 is 21.0. The molecule has 1 fully saturated rings. The van der Waals surface area contributed by atoms with Crippen LogP contribution < -0.4 is 4.74 Å². The molecular weight excluding hydrogens is 435 g/mol. The van der Waals surface area contributed by atoms with E-state index in [1.807, 2.05) is 4.90 Å². The number of halogens is 2. The summed E-state index contributed by atoms with van der Waals surface area (Å²) >= 11 is 5.92. The zero-order valence-electron chi connectivity index (χ0n) is 17.9. The number of carbonyl (C=O) groups excluding carboxylic acids is 1. The molecule has 1 aromatic heterocycles. The van der Waals surface area contributed by atoms with E-state index in [1.165, 1.54) is 16.8 Å². The number of amides is 1. The monoisotopic (exact) mass is 458 g/mol. The van der Waals surface area contributed by atoms with E-state index >= 15 is 0 Å². The number of rotatable bonds is 6. The molecule has 168 valence electrons. The zero-order chi connectivity index (χ0) is 22.7. The van der Waals surface area contributed by atoms with Gasteiger partial charge in [0.1, 0.15) is 11.6 Å². The summed E-state index contributed by atoms with van der Waals surface area (Å²) in [5, 5.41) is 12.4. The second-order valence-electron chi connectivity index (χ2n) is 8.12. The van der Waals surface area contributed by atoms with E-state index in [9.17, 15) is 9.18 Å². The number of benzene rings is 2. The number of nitrogens with zero attached hydrogens (tertiary/aromatic N) is 6. The highest BCUT2D eigenvalue weighted by Gasteiger charge is 2.36. The largest absolute Gasteiger partial charge is 0.478 e. The van der Waals surface area contributed by atoms with Crippen LogP contribution in [-0.2, 0) is 11.3 Å². The Morgan fingerprint density at radius 1 is 1.12 bits per heavy atom. The van der Waals surface area contributed by atoms with Crippen LogP contribution in [0.25, 0.3) is 5.69 Å². The smallest absolute Gasteiger partial charge is 0.266 e. The normalized spacial score (nSPS) is 15.1. The van der Waals surface area contributed by atoms with Gasteiger partial charge in [-0.25, -0.2) is 4.39 Å². The lowest BCUT2D eigenvalue weighted by Gasteiger charge is -2.38. The van der Waals surface area contributed by atoms with Gasteiger partial charge in [0.2, 0.25) is 0 Å². The summed E-state index contributed by atoms with van der Waals surface area (Å²) in [6.07, 6.45) is 0. The molecule has 1 amide bonds. The number of hydrogen-bond acceptors (Lipinski definition) is 6. The Hall–Kier alpha value is -3.04. The molecular formula is C22H24ClFN6O2. The first-order valence-electron chi connectivity index (χ1n) is 10.3. The van der Waals surface area contributed by atoms with Crippen LogP contribution >= 0.6 is 11.6 Å². The Morgan fingerprint density at radius 2 is 1.84 bits per heavy atom. The zero-order valence-corrected chi connectivity index (χ0v) is 18.7. The number of piperazine rings is 1. The molecule has 0 N–H and O–H groups in total. The minimum atomic E-state index is -1.00. The van der Waals surface area contributed by atoms with Gasteiger partial charge in [0, 0.05) is 31.2 Å². The molecule has 1 saturated heterocycles. The molecule has 0 atom stereocenters. The highest BCUT2D eigenvalue weighted by molar-refractivity contribution is 6.30. The summed E-state index contributed by atoms with van der Waals surface area (Å²) in [7, 11) is 0. The lowest BCUT2D eigenvalue weighted by Crippen LogP contribution is -2.55. The molecule has 2 heterocycles. The van der Waals surface area contributed by atoms with Crippen molar-refractivity contribution in [3.8, 4) is 11.4 Å². The van der Waals surface area contributed by atoms with Gasteiger partial charge < -0.3 is 9.64 Å². The van der Waals surface area contributed by atoms with E-state index in [-0.39, 0.29) is 11.7 Å². The van der Waals surface area contributed by atoms with Gasteiger partial charge in [-0.1, -0.05) is 17.7 Å². The predicted octanol–water partition coefficient (Wildman–Crippen LogP) is 2.96. The van der Waals surface area contributed by atoms with E-state index in [1.54, 1.807) is 50.2 Å². The summed E-state index contributed by atoms with van der Waals surface area (Å²) in [6.45, 7) is 6.49. The van der Waals surface area contributed by atoms with Gasteiger partial charge in [-0.3, -0.25) is 9.69 Å². The van der Waals surface area contributed by atoms with Crippen LogP contribution in [0.2, 0.25) is 5.02 Å². The van der Waals surface area contributed by atoms with Crippen molar-refractivity contribution < 1.29 is 13.9 Å². The second-order valence-corrected chi connectivity index (χ2v) is 8.56. The summed E-state index contributed by atoms with van der Waals surface area (Å²) in [5.41, 5.74) is -0.433. The Kier molecular flexibility index (Phi) is 6.38. The summed E-state index contributed by atoms with van der Waals surface area (Å²) in [6, 6.07) is 13.1. The first kappa shape index (κ1) is 22.2. The van der Waals surface area contributed by atoms with E-state index in [0.717, 1.165) is 0 Å². The molecule has 3 aromatic rings. The number of aromatic nitrogens is 4. The fourth-order valence-electron chi connectivity index (χ4n) is 3.64. The van der Waals surface area contributed by atoms with E-state index < -0.39 is 5.60 Å². The van der Waals surface area contributed by atoms with Gasteiger partial charge in [0.15, 0.2) is 11.4 Å². The van der Waals surface area contributed by atoms with Crippen LogP contribution in [0.4, 0.5) is 4.39 Å². The molecule has 8 nitrogen and oxygen atoms in total. The Labute approximate surface area is 190 Å². The fraction of sp³-hybridized carbons (Fsp3) is 0.364. The fourth-order valence-corrected chi connectivity index (χ4v) is 3.77. The van der Waals surface area contributed by atoms with Crippen molar-refractivity contribution in [2.45, 2.75) is 26.0 Å². The molecule has 10 heteroatoms. The van der Waals surface area contributed by atoms with Gasteiger partial charge in [-0.15, -0.1) is 5.10 Å². The van der Waals surface area contributed by atoms with Crippen LogP contribution in [0.15, 0.2) is 48.5 Å². The minimum absolute atomic E-state index is 0.0725. The maximum absolute atomic E-state index is 13.6.